The zero-order valence-corrected chi connectivity index (χ0v) is 13.6. The molecule has 0 unspecified atom stereocenters. The summed E-state index contributed by atoms with van der Waals surface area (Å²) in [6.07, 6.45) is 6.29. The zero-order valence-electron chi connectivity index (χ0n) is 13.6. The largest absolute Gasteiger partial charge is 0.468 e. The van der Waals surface area contributed by atoms with Crippen molar-refractivity contribution in [1.29, 1.82) is 0 Å². The molecule has 2 rings (SSSR count). The molecule has 0 aliphatic rings. The molecule has 7 heteroatoms. The van der Waals surface area contributed by atoms with E-state index in [0.717, 1.165) is 5.56 Å². The lowest BCUT2D eigenvalue weighted by Crippen LogP contribution is -2.30. The molecule has 1 aromatic carbocycles. The second-order valence-electron chi connectivity index (χ2n) is 4.95. The van der Waals surface area contributed by atoms with E-state index in [0.29, 0.717) is 11.3 Å². The van der Waals surface area contributed by atoms with Crippen LogP contribution in [0.2, 0.25) is 0 Å². The van der Waals surface area contributed by atoms with Gasteiger partial charge in [0.25, 0.3) is 5.91 Å². The molecular formula is C18H17N3O4. The third kappa shape index (κ3) is 5.91. The van der Waals surface area contributed by atoms with E-state index >= 15 is 0 Å². The summed E-state index contributed by atoms with van der Waals surface area (Å²) in [6.45, 7) is -0.222. The lowest BCUT2D eigenvalue weighted by molar-refractivity contribution is -0.139. The van der Waals surface area contributed by atoms with Crippen molar-refractivity contribution in [2.45, 2.75) is 0 Å². The fraction of sp³-hybridized carbons (Fsp3) is 0.111. The molecule has 0 radical (unpaired) electrons. The highest BCUT2D eigenvalue weighted by Gasteiger charge is 2.09. The van der Waals surface area contributed by atoms with Crippen LogP contribution in [0.5, 0.6) is 0 Å². The molecule has 0 aliphatic carbocycles. The maximum atomic E-state index is 12.0. The third-order valence-corrected chi connectivity index (χ3v) is 3.12. The minimum Gasteiger partial charge on any atom is -0.468 e. The predicted octanol–water partition coefficient (Wildman–Crippen LogP) is 1.64. The number of nitrogens with one attached hydrogen (secondary N) is 2. The van der Waals surface area contributed by atoms with Gasteiger partial charge < -0.3 is 15.4 Å². The van der Waals surface area contributed by atoms with E-state index in [4.69, 9.17) is 0 Å². The van der Waals surface area contributed by atoms with E-state index in [9.17, 15) is 14.4 Å². The summed E-state index contributed by atoms with van der Waals surface area (Å²) >= 11 is 0. The van der Waals surface area contributed by atoms with E-state index in [2.05, 4.69) is 20.4 Å². The molecule has 0 aliphatic heterocycles. The molecular weight excluding hydrogens is 322 g/mol. The summed E-state index contributed by atoms with van der Waals surface area (Å²) in [5.41, 5.74) is 1.58. The first-order valence-corrected chi connectivity index (χ1v) is 7.42. The normalized spacial score (nSPS) is 10.3. The van der Waals surface area contributed by atoms with Gasteiger partial charge in [0.2, 0.25) is 5.91 Å². The minimum absolute atomic E-state index is 0.222. The minimum atomic E-state index is -0.543. The molecule has 2 aromatic rings. The van der Waals surface area contributed by atoms with Gasteiger partial charge in [0.1, 0.15) is 6.54 Å². The SMILES string of the molecule is COC(=O)CNC(=O)c1cccc(NC(=O)C=Cc2cccnc2)c1. The van der Waals surface area contributed by atoms with Crippen LogP contribution in [-0.4, -0.2) is 36.4 Å². The van der Waals surface area contributed by atoms with Crippen LogP contribution in [0.15, 0.2) is 54.9 Å². The molecule has 128 valence electrons. The molecule has 1 aromatic heterocycles. The summed E-state index contributed by atoms with van der Waals surface area (Å²) in [5, 5.41) is 5.10. The number of aromatic nitrogens is 1. The smallest absolute Gasteiger partial charge is 0.325 e. The van der Waals surface area contributed by atoms with Gasteiger partial charge in [-0.1, -0.05) is 12.1 Å². The summed E-state index contributed by atoms with van der Waals surface area (Å²) in [6, 6.07) is 9.98. The number of hydrogen-bond acceptors (Lipinski definition) is 5. The Morgan fingerprint density at radius 1 is 1.20 bits per heavy atom. The Bertz CT molecular complexity index is 788. The number of hydrogen-bond donors (Lipinski definition) is 2. The number of ether oxygens (including phenoxy) is 1. The van der Waals surface area contributed by atoms with E-state index in [1.165, 1.54) is 19.3 Å². The highest BCUT2D eigenvalue weighted by Crippen LogP contribution is 2.11. The number of benzene rings is 1. The molecule has 0 bridgehead atoms. The van der Waals surface area contributed by atoms with Crippen LogP contribution in [0, 0.1) is 0 Å². The first kappa shape index (κ1) is 17.9. The lowest BCUT2D eigenvalue weighted by atomic mass is 10.2. The predicted molar refractivity (Wildman–Crippen MR) is 92.7 cm³/mol. The third-order valence-electron chi connectivity index (χ3n) is 3.12. The highest BCUT2D eigenvalue weighted by atomic mass is 16.5. The van der Waals surface area contributed by atoms with Crippen LogP contribution in [0.1, 0.15) is 15.9 Å². The molecule has 0 saturated carbocycles. The van der Waals surface area contributed by atoms with Gasteiger partial charge in [0.05, 0.1) is 7.11 Å². The van der Waals surface area contributed by atoms with Crippen molar-refractivity contribution in [2.24, 2.45) is 0 Å². The number of amides is 2. The van der Waals surface area contributed by atoms with Crippen LogP contribution in [-0.2, 0) is 14.3 Å². The second kappa shape index (κ2) is 8.97. The number of pyridine rings is 1. The van der Waals surface area contributed by atoms with Crippen LogP contribution in [0.25, 0.3) is 6.08 Å². The van der Waals surface area contributed by atoms with E-state index in [-0.39, 0.29) is 12.5 Å². The Morgan fingerprint density at radius 3 is 2.76 bits per heavy atom. The van der Waals surface area contributed by atoms with Gasteiger partial charge in [0, 0.05) is 29.7 Å². The fourth-order valence-electron chi connectivity index (χ4n) is 1.90. The van der Waals surface area contributed by atoms with E-state index < -0.39 is 11.9 Å². The average Bonchev–Trinajstić information content (AvgIpc) is 2.65. The second-order valence-corrected chi connectivity index (χ2v) is 4.95. The maximum Gasteiger partial charge on any atom is 0.325 e. The van der Waals surface area contributed by atoms with Crippen molar-refractivity contribution in [1.82, 2.24) is 10.3 Å². The molecule has 0 spiro atoms. The number of rotatable bonds is 6. The zero-order chi connectivity index (χ0) is 18.1. The van der Waals surface area contributed by atoms with Crippen molar-refractivity contribution in [3.05, 3.63) is 66.0 Å². The fourth-order valence-corrected chi connectivity index (χ4v) is 1.90. The summed E-state index contributed by atoms with van der Waals surface area (Å²) in [4.78, 5) is 38.9. The van der Waals surface area contributed by atoms with E-state index in [1.54, 1.807) is 42.7 Å². The molecule has 2 N–H and O–H groups in total. The van der Waals surface area contributed by atoms with Crippen LogP contribution in [0.3, 0.4) is 0 Å². The standard InChI is InChI=1S/C18H17N3O4/c1-25-17(23)12-20-18(24)14-5-2-6-15(10-14)21-16(22)8-7-13-4-3-9-19-11-13/h2-11H,12H2,1H3,(H,20,24)(H,21,22). The number of methoxy groups -OCH3 is 1. The Morgan fingerprint density at radius 2 is 2.04 bits per heavy atom. The van der Waals surface area contributed by atoms with Gasteiger partial charge in [-0.05, 0) is 35.9 Å². The summed E-state index contributed by atoms with van der Waals surface area (Å²) < 4.78 is 4.45. The van der Waals surface area contributed by atoms with Crippen molar-refractivity contribution in [3.8, 4) is 0 Å². The van der Waals surface area contributed by atoms with Crippen molar-refractivity contribution < 1.29 is 19.1 Å². The summed E-state index contributed by atoms with van der Waals surface area (Å²) in [7, 11) is 1.24. The van der Waals surface area contributed by atoms with Gasteiger partial charge in [-0.2, -0.15) is 0 Å². The molecule has 25 heavy (non-hydrogen) atoms. The molecule has 0 saturated heterocycles. The number of carbonyl (C=O) groups excluding carboxylic acids is 3. The number of nitrogens with zero attached hydrogens (tertiary/aromatic N) is 1. The van der Waals surface area contributed by atoms with Crippen molar-refractivity contribution in [2.75, 3.05) is 19.0 Å². The van der Waals surface area contributed by atoms with Gasteiger partial charge in [-0.25, -0.2) is 0 Å². The molecule has 0 atom stereocenters. The average molecular weight is 339 g/mol. The van der Waals surface area contributed by atoms with Gasteiger partial charge in [-0.3, -0.25) is 19.4 Å². The maximum absolute atomic E-state index is 12.0. The van der Waals surface area contributed by atoms with Gasteiger partial charge in [-0.15, -0.1) is 0 Å². The first-order chi connectivity index (χ1) is 12.1. The van der Waals surface area contributed by atoms with E-state index in [1.807, 2.05) is 6.07 Å². The highest BCUT2D eigenvalue weighted by molar-refractivity contribution is 6.03. The quantitative estimate of drug-likeness (QED) is 0.616. The Balaban J connectivity index is 1.96. The van der Waals surface area contributed by atoms with Gasteiger partial charge in [0.15, 0.2) is 0 Å². The molecule has 1 heterocycles. The number of anilines is 1. The molecule has 7 nitrogen and oxygen atoms in total. The lowest BCUT2D eigenvalue weighted by Gasteiger charge is -2.06. The van der Waals surface area contributed by atoms with Crippen molar-refractivity contribution >= 4 is 29.5 Å². The molecule has 2 amide bonds. The van der Waals surface area contributed by atoms with Gasteiger partial charge >= 0.3 is 5.97 Å². The topological polar surface area (TPSA) is 97.4 Å². The Labute approximate surface area is 144 Å². The van der Waals surface area contributed by atoms with Crippen LogP contribution in [0.4, 0.5) is 5.69 Å². The van der Waals surface area contributed by atoms with Crippen LogP contribution >= 0.6 is 0 Å². The van der Waals surface area contributed by atoms with Crippen molar-refractivity contribution in [3.63, 3.8) is 0 Å². The number of carbonyl (C=O) groups is 3. The Hall–Kier alpha value is -3.48. The number of esters is 1. The summed E-state index contributed by atoms with van der Waals surface area (Å²) in [5.74, 6) is -1.32. The van der Waals surface area contributed by atoms with Crippen LogP contribution < -0.4 is 10.6 Å². The Kier molecular flexibility index (Phi) is 6.41. The molecule has 0 fully saturated rings. The monoisotopic (exact) mass is 339 g/mol. The first-order valence-electron chi connectivity index (χ1n) is 7.42.